The second kappa shape index (κ2) is 8.43. The van der Waals surface area contributed by atoms with Gasteiger partial charge in [0.1, 0.15) is 18.3 Å². The Hall–Kier alpha value is -1.33. The molecule has 7 atom stereocenters. The van der Waals surface area contributed by atoms with Crippen molar-refractivity contribution >= 4 is 7.60 Å². The van der Waals surface area contributed by atoms with Gasteiger partial charge >= 0.3 is 13.3 Å². The Morgan fingerprint density at radius 1 is 1.21 bits per heavy atom. The molecule has 12 heteroatoms. The second-order valence-corrected chi connectivity index (χ2v) is 9.98. The van der Waals surface area contributed by atoms with Gasteiger partial charge in [-0.15, -0.1) is 0 Å². The van der Waals surface area contributed by atoms with E-state index in [1.165, 1.54) is 13.8 Å². The van der Waals surface area contributed by atoms with Gasteiger partial charge in [-0.1, -0.05) is 13.8 Å². The summed E-state index contributed by atoms with van der Waals surface area (Å²) in [4.78, 5) is 37.7. The minimum absolute atomic E-state index is 0.0150. The van der Waals surface area contributed by atoms with Gasteiger partial charge in [-0.25, -0.2) is 4.79 Å². The zero-order valence-electron chi connectivity index (χ0n) is 16.8. The van der Waals surface area contributed by atoms with Crippen molar-refractivity contribution in [1.82, 2.24) is 9.97 Å². The van der Waals surface area contributed by atoms with Crippen LogP contribution in [-0.4, -0.2) is 59.4 Å². The van der Waals surface area contributed by atoms with E-state index < -0.39 is 54.2 Å². The molecule has 0 saturated carbocycles. The predicted octanol–water partition coefficient (Wildman–Crippen LogP) is 0.104. The monoisotopic (exact) mass is 436 g/mol. The first-order valence-electron chi connectivity index (χ1n) is 9.36. The number of aliphatic hydroxyl groups is 3. The maximum Gasteiger partial charge on any atom is 0.359 e. The zero-order chi connectivity index (χ0) is 22.2. The Labute approximate surface area is 167 Å². The van der Waals surface area contributed by atoms with E-state index in [0.29, 0.717) is 0 Å². The lowest BCUT2D eigenvalue weighted by molar-refractivity contribution is -0.0533. The summed E-state index contributed by atoms with van der Waals surface area (Å²) in [5.41, 5.74) is -2.84. The van der Waals surface area contributed by atoms with Crippen molar-refractivity contribution in [3.8, 4) is 0 Å². The maximum absolute atomic E-state index is 12.6. The molecule has 2 heterocycles. The van der Waals surface area contributed by atoms with Crippen LogP contribution in [0.5, 0.6) is 0 Å². The molecular weight excluding hydrogens is 407 g/mol. The molecule has 1 aromatic heterocycles. The van der Waals surface area contributed by atoms with Gasteiger partial charge in [0, 0.05) is 12.6 Å². The van der Waals surface area contributed by atoms with Crippen molar-refractivity contribution in [2.75, 3.05) is 0 Å². The van der Waals surface area contributed by atoms with E-state index in [-0.39, 0.29) is 24.8 Å². The molecule has 0 bridgehead atoms. The molecule has 0 aliphatic carbocycles. The van der Waals surface area contributed by atoms with Gasteiger partial charge in [0.05, 0.1) is 17.3 Å². The molecule has 166 valence electrons. The van der Waals surface area contributed by atoms with Crippen molar-refractivity contribution in [3.05, 3.63) is 32.6 Å². The Morgan fingerprint density at radius 3 is 2.34 bits per heavy atom. The summed E-state index contributed by atoms with van der Waals surface area (Å²) in [5.74, 6) is 0. The molecule has 0 aromatic carbocycles. The molecule has 1 aliphatic rings. The first-order chi connectivity index (χ1) is 13.3. The first kappa shape index (κ1) is 23.9. The average molecular weight is 436 g/mol. The molecule has 1 fully saturated rings. The number of ether oxygens (including phenoxy) is 1. The van der Waals surface area contributed by atoms with Crippen molar-refractivity contribution in [2.24, 2.45) is 0 Å². The van der Waals surface area contributed by atoms with Gasteiger partial charge in [0.15, 0.2) is 5.34 Å². The molecule has 2 rings (SSSR count). The highest BCUT2D eigenvalue weighted by Crippen LogP contribution is 2.59. The van der Waals surface area contributed by atoms with E-state index in [2.05, 4.69) is 4.98 Å². The predicted molar refractivity (Wildman–Crippen MR) is 102 cm³/mol. The smallest absolute Gasteiger partial charge is 0.359 e. The number of H-pyrrole nitrogens is 2. The van der Waals surface area contributed by atoms with E-state index in [9.17, 15) is 34.4 Å². The minimum Gasteiger partial charge on any atom is -0.388 e. The third-order valence-corrected chi connectivity index (χ3v) is 7.74. The molecule has 2 unspecified atom stereocenters. The molecule has 0 amide bonds. The van der Waals surface area contributed by atoms with Crippen molar-refractivity contribution in [1.29, 1.82) is 0 Å². The van der Waals surface area contributed by atoms with Crippen LogP contribution in [0.25, 0.3) is 0 Å². The largest absolute Gasteiger partial charge is 0.388 e. The zero-order valence-corrected chi connectivity index (χ0v) is 17.7. The van der Waals surface area contributed by atoms with Crippen LogP contribution < -0.4 is 11.2 Å². The summed E-state index contributed by atoms with van der Waals surface area (Å²) < 4.78 is 23.7. The third kappa shape index (κ3) is 4.88. The molecule has 11 nitrogen and oxygen atoms in total. The van der Waals surface area contributed by atoms with Crippen molar-refractivity contribution < 1.29 is 34.0 Å². The van der Waals surface area contributed by atoms with Crippen molar-refractivity contribution in [3.63, 3.8) is 0 Å². The summed E-state index contributed by atoms with van der Waals surface area (Å²) in [6.45, 7) is 5.97. The highest BCUT2D eigenvalue weighted by Gasteiger charge is 2.50. The van der Waals surface area contributed by atoms with Crippen LogP contribution in [-0.2, 0) is 13.8 Å². The van der Waals surface area contributed by atoms with Crippen LogP contribution in [0.1, 0.15) is 58.6 Å². The van der Waals surface area contributed by atoms with Crippen LogP contribution in [0.15, 0.2) is 15.8 Å². The lowest BCUT2D eigenvalue weighted by Crippen LogP contribution is -2.40. The van der Waals surface area contributed by atoms with E-state index in [0.717, 1.165) is 6.20 Å². The molecule has 0 spiro atoms. The topological polar surface area (TPSA) is 182 Å². The fourth-order valence-corrected chi connectivity index (χ4v) is 4.47. The normalized spacial score (nSPS) is 31.0. The highest BCUT2D eigenvalue weighted by atomic mass is 31.2. The molecule has 1 saturated heterocycles. The van der Waals surface area contributed by atoms with Crippen LogP contribution >= 0.6 is 7.60 Å². The second-order valence-electron chi connectivity index (χ2n) is 7.79. The number of aliphatic hydroxyl groups excluding tert-OH is 2. The SMILES string of the molecule is CCC(C)(C[C@H]1O[C@@H](c2c[nH]c(=O)[nH]c2=O)[C@H](O)[C@@H]1O)OP(=O)(O)[C@@](C)(O)CC. The van der Waals surface area contributed by atoms with Gasteiger partial charge < -0.3 is 34.5 Å². The van der Waals surface area contributed by atoms with Crippen LogP contribution in [0, 0.1) is 0 Å². The lowest BCUT2D eigenvalue weighted by Gasteiger charge is -2.37. The van der Waals surface area contributed by atoms with E-state index in [1.54, 1.807) is 13.8 Å². The Morgan fingerprint density at radius 2 is 1.83 bits per heavy atom. The van der Waals surface area contributed by atoms with Crippen LogP contribution in [0.4, 0.5) is 0 Å². The molecule has 1 aromatic rings. The number of nitrogens with one attached hydrogen (secondary N) is 2. The number of aromatic amines is 2. The highest BCUT2D eigenvalue weighted by molar-refractivity contribution is 7.54. The number of aromatic nitrogens is 2. The van der Waals surface area contributed by atoms with Gasteiger partial charge in [0.2, 0.25) is 0 Å². The molecule has 1 aliphatic heterocycles. The average Bonchev–Trinajstić information content (AvgIpc) is 2.89. The summed E-state index contributed by atoms with van der Waals surface area (Å²) in [6.07, 6.45) is -3.89. The van der Waals surface area contributed by atoms with Crippen molar-refractivity contribution in [2.45, 2.75) is 82.3 Å². The van der Waals surface area contributed by atoms with E-state index in [4.69, 9.17) is 9.26 Å². The van der Waals surface area contributed by atoms with E-state index >= 15 is 0 Å². The quantitative estimate of drug-likeness (QED) is 0.308. The molecule has 6 N–H and O–H groups in total. The Bertz CT molecular complexity index is 882. The minimum atomic E-state index is -4.45. The maximum atomic E-state index is 12.6. The fourth-order valence-electron chi connectivity index (χ4n) is 3.07. The summed E-state index contributed by atoms with van der Waals surface area (Å²) in [5, 5.41) is 29.0. The molecular formula is C17H29N2O9P. The number of rotatable bonds is 8. The Balaban J connectivity index is 2.24. The van der Waals surface area contributed by atoms with E-state index in [1.807, 2.05) is 4.98 Å². The number of hydrogen-bond donors (Lipinski definition) is 6. The lowest BCUT2D eigenvalue weighted by atomic mass is 9.92. The van der Waals surface area contributed by atoms with Gasteiger partial charge in [-0.3, -0.25) is 14.3 Å². The number of hydrogen-bond acceptors (Lipinski definition) is 8. The molecule has 0 radical (unpaired) electrons. The summed E-state index contributed by atoms with van der Waals surface area (Å²) in [7, 11) is -4.45. The van der Waals surface area contributed by atoms with Gasteiger partial charge in [-0.2, -0.15) is 0 Å². The molecule has 29 heavy (non-hydrogen) atoms. The standard InChI is InChI=1S/C17H29N2O9P/c1-5-16(3,28-29(25,26)17(4,24)6-2)7-10-11(20)12(21)13(27-10)9-8-18-15(23)19-14(9)22/h8,10-13,20-21,24H,5-7H2,1-4H3,(H,25,26)(H2,18,19,22,23)/t10-,11-,12-,13+,16?,17-/m1/s1. The van der Waals surface area contributed by atoms with Crippen LogP contribution in [0.2, 0.25) is 0 Å². The summed E-state index contributed by atoms with van der Waals surface area (Å²) >= 11 is 0. The fraction of sp³-hybridized carbons (Fsp3) is 0.765. The Kier molecular flexibility index (Phi) is 6.96. The van der Waals surface area contributed by atoms with Crippen LogP contribution in [0.3, 0.4) is 0 Å². The van der Waals surface area contributed by atoms with Gasteiger partial charge in [0.25, 0.3) is 5.56 Å². The first-order valence-corrected chi connectivity index (χ1v) is 10.9. The third-order valence-electron chi connectivity index (χ3n) is 5.52. The summed E-state index contributed by atoms with van der Waals surface area (Å²) in [6, 6.07) is 0. The van der Waals surface area contributed by atoms with Gasteiger partial charge in [-0.05, 0) is 26.7 Å².